The van der Waals surface area contributed by atoms with Gasteiger partial charge in [0.05, 0.1) is 5.01 Å². The molecule has 12 heteroatoms. The lowest BCUT2D eigenvalue weighted by molar-refractivity contribution is -0.140. The highest BCUT2D eigenvalue weighted by Gasteiger charge is 2.33. The van der Waals surface area contributed by atoms with Gasteiger partial charge in [-0.3, -0.25) is 4.99 Å². The number of hydrogen-bond acceptors (Lipinski definition) is 6. The monoisotopic (exact) mass is 504 g/mol. The number of aryl methyl sites for hydroxylation is 2. The third-order valence-electron chi connectivity index (χ3n) is 3.13. The maximum atomic E-state index is 12.5. The third-order valence-corrected chi connectivity index (χ3v) is 4.04. The lowest BCUT2D eigenvalue weighted by Crippen LogP contribution is -2.38. The van der Waals surface area contributed by atoms with Gasteiger partial charge in [0, 0.05) is 38.4 Å². The van der Waals surface area contributed by atoms with Gasteiger partial charge in [0.1, 0.15) is 0 Å². The quantitative estimate of drug-likeness (QED) is 0.261. The summed E-state index contributed by atoms with van der Waals surface area (Å²) in [4.78, 5) is 11.8. The van der Waals surface area contributed by atoms with Crippen molar-refractivity contribution in [1.82, 2.24) is 25.8 Å². The Balaban J connectivity index is 0.00000338. The van der Waals surface area contributed by atoms with E-state index >= 15 is 0 Å². The average molecular weight is 504 g/mol. The molecule has 0 aliphatic carbocycles. The van der Waals surface area contributed by atoms with Crippen LogP contribution in [0.4, 0.5) is 13.2 Å². The zero-order chi connectivity index (χ0) is 18.3. The average Bonchev–Trinajstić information content (AvgIpc) is 3.18. The maximum absolute atomic E-state index is 12.5. The standard InChI is InChI=1S/C14H19F3N6OS.HI/c1-9-21-11(24-23-9)4-3-6-19-13(18-2)20-7-5-12-22-10(8-25-12)14(15,16)17;/h8H,3-7H2,1-2H3,(H2,18,19,20);1H. The van der Waals surface area contributed by atoms with E-state index in [1.54, 1.807) is 14.0 Å². The molecule has 0 aliphatic heterocycles. The summed E-state index contributed by atoms with van der Waals surface area (Å²) in [6, 6.07) is 0. The zero-order valence-electron chi connectivity index (χ0n) is 14.3. The van der Waals surface area contributed by atoms with E-state index in [1.807, 2.05) is 0 Å². The van der Waals surface area contributed by atoms with Crippen LogP contribution < -0.4 is 10.6 Å². The minimum Gasteiger partial charge on any atom is -0.356 e. The van der Waals surface area contributed by atoms with Crippen LogP contribution in [0.25, 0.3) is 0 Å². The molecular formula is C14H20F3IN6OS. The lowest BCUT2D eigenvalue weighted by atomic mass is 10.3. The Labute approximate surface area is 169 Å². The summed E-state index contributed by atoms with van der Waals surface area (Å²) >= 11 is 1.00. The molecule has 0 atom stereocenters. The number of alkyl halides is 3. The van der Waals surface area contributed by atoms with Gasteiger partial charge in [0.2, 0.25) is 5.89 Å². The Morgan fingerprint density at radius 2 is 1.96 bits per heavy atom. The fourth-order valence-corrected chi connectivity index (χ4v) is 2.76. The predicted octanol–water partition coefficient (Wildman–Crippen LogP) is 2.81. The van der Waals surface area contributed by atoms with Gasteiger partial charge < -0.3 is 15.2 Å². The number of halogens is 4. The van der Waals surface area contributed by atoms with Gasteiger partial charge in [-0.2, -0.15) is 18.2 Å². The van der Waals surface area contributed by atoms with Gasteiger partial charge in [-0.05, 0) is 13.3 Å². The fourth-order valence-electron chi connectivity index (χ4n) is 1.95. The zero-order valence-corrected chi connectivity index (χ0v) is 17.4. The second-order valence-corrected chi connectivity index (χ2v) is 6.08. The molecule has 2 heterocycles. The molecule has 0 amide bonds. The van der Waals surface area contributed by atoms with E-state index < -0.39 is 11.9 Å². The minimum absolute atomic E-state index is 0. The van der Waals surface area contributed by atoms with Crippen molar-refractivity contribution >= 4 is 41.3 Å². The summed E-state index contributed by atoms with van der Waals surface area (Å²) in [7, 11) is 1.63. The molecule has 0 bridgehead atoms. The van der Waals surface area contributed by atoms with E-state index in [0.717, 1.165) is 23.1 Å². The number of aromatic nitrogens is 3. The van der Waals surface area contributed by atoms with Crippen molar-refractivity contribution in [3.05, 3.63) is 27.8 Å². The van der Waals surface area contributed by atoms with Gasteiger partial charge in [-0.25, -0.2) is 4.98 Å². The summed E-state index contributed by atoms with van der Waals surface area (Å²) in [6.07, 6.45) is -2.56. The number of guanidine groups is 1. The van der Waals surface area contributed by atoms with Crippen molar-refractivity contribution in [3.8, 4) is 0 Å². The predicted molar refractivity (Wildman–Crippen MR) is 103 cm³/mol. The second-order valence-electron chi connectivity index (χ2n) is 5.14. The summed E-state index contributed by atoms with van der Waals surface area (Å²) in [5.41, 5.74) is -0.841. The molecule has 0 fully saturated rings. The highest BCUT2D eigenvalue weighted by atomic mass is 127. The highest BCUT2D eigenvalue weighted by Crippen LogP contribution is 2.29. The van der Waals surface area contributed by atoms with Crippen LogP contribution in [0.1, 0.15) is 28.8 Å². The molecule has 2 N–H and O–H groups in total. The molecule has 2 aromatic rings. The molecule has 0 radical (unpaired) electrons. The SMILES string of the molecule is CN=C(NCCCc1nc(C)no1)NCCc1nc(C(F)(F)F)cs1.I. The van der Waals surface area contributed by atoms with E-state index in [9.17, 15) is 13.2 Å². The summed E-state index contributed by atoms with van der Waals surface area (Å²) < 4.78 is 42.5. The summed E-state index contributed by atoms with van der Waals surface area (Å²) in [5, 5.41) is 11.3. The van der Waals surface area contributed by atoms with Gasteiger partial charge >= 0.3 is 6.18 Å². The molecule has 0 spiro atoms. The van der Waals surface area contributed by atoms with E-state index in [0.29, 0.717) is 48.6 Å². The van der Waals surface area contributed by atoms with Crippen LogP contribution in [0.5, 0.6) is 0 Å². The molecule has 146 valence electrons. The van der Waals surface area contributed by atoms with E-state index in [4.69, 9.17) is 4.52 Å². The van der Waals surface area contributed by atoms with Gasteiger partial charge in [0.15, 0.2) is 17.5 Å². The van der Waals surface area contributed by atoms with Crippen molar-refractivity contribution in [2.75, 3.05) is 20.1 Å². The van der Waals surface area contributed by atoms with Crippen LogP contribution in [0.2, 0.25) is 0 Å². The largest absolute Gasteiger partial charge is 0.434 e. The van der Waals surface area contributed by atoms with Gasteiger partial charge in [0.25, 0.3) is 0 Å². The first-order valence-corrected chi connectivity index (χ1v) is 8.51. The molecule has 7 nitrogen and oxygen atoms in total. The number of nitrogens with zero attached hydrogens (tertiary/aromatic N) is 4. The molecule has 26 heavy (non-hydrogen) atoms. The van der Waals surface area contributed by atoms with Gasteiger partial charge in [-0.1, -0.05) is 5.16 Å². The van der Waals surface area contributed by atoms with Crippen molar-refractivity contribution in [2.45, 2.75) is 32.4 Å². The third kappa shape index (κ3) is 7.43. The van der Waals surface area contributed by atoms with Crippen LogP contribution >= 0.6 is 35.3 Å². The smallest absolute Gasteiger partial charge is 0.356 e. The molecule has 0 aromatic carbocycles. The molecule has 2 aromatic heterocycles. The van der Waals surface area contributed by atoms with Crippen LogP contribution in [-0.4, -0.2) is 41.2 Å². The Morgan fingerprint density at radius 3 is 2.54 bits per heavy atom. The molecular weight excluding hydrogens is 484 g/mol. The second kappa shape index (κ2) is 10.6. The minimum atomic E-state index is -4.39. The molecule has 0 aliphatic rings. The molecule has 0 saturated carbocycles. The fraction of sp³-hybridized carbons (Fsp3) is 0.571. The number of aliphatic imine (C=N–C) groups is 1. The Kier molecular flexibility index (Phi) is 9.25. The molecule has 0 saturated heterocycles. The van der Waals surface area contributed by atoms with Crippen molar-refractivity contribution < 1.29 is 17.7 Å². The molecule has 2 rings (SSSR count). The first kappa shape index (κ1) is 22.6. The van der Waals surface area contributed by atoms with E-state index in [1.165, 1.54) is 0 Å². The lowest BCUT2D eigenvalue weighted by Gasteiger charge is -2.10. The first-order chi connectivity index (χ1) is 11.9. The van der Waals surface area contributed by atoms with Crippen LogP contribution in [-0.2, 0) is 19.0 Å². The van der Waals surface area contributed by atoms with E-state index in [2.05, 4.69) is 30.8 Å². The van der Waals surface area contributed by atoms with Crippen LogP contribution in [0, 0.1) is 6.92 Å². The highest BCUT2D eigenvalue weighted by molar-refractivity contribution is 14.0. The Bertz CT molecular complexity index is 703. The Hall–Kier alpha value is -1.44. The molecule has 0 unspecified atom stereocenters. The number of thiazole rings is 1. The van der Waals surface area contributed by atoms with Crippen molar-refractivity contribution in [3.63, 3.8) is 0 Å². The summed E-state index contributed by atoms with van der Waals surface area (Å²) in [5.74, 6) is 1.78. The topological polar surface area (TPSA) is 88.2 Å². The van der Waals surface area contributed by atoms with Crippen molar-refractivity contribution in [1.29, 1.82) is 0 Å². The normalized spacial score (nSPS) is 12.0. The van der Waals surface area contributed by atoms with Gasteiger partial charge in [-0.15, -0.1) is 35.3 Å². The number of rotatable bonds is 7. The number of nitrogens with one attached hydrogen (secondary N) is 2. The van der Waals surface area contributed by atoms with Crippen LogP contribution in [0.15, 0.2) is 14.9 Å². The van der Waals surface area contributed by atoms with Crippen LogP contribution in [0.3, 0.4) is 0 Å². The maximum Gasteiger partial charge on any atom is 0.434 e. The van der Waals surface area contributed by atoms with E-state index in [-0.39, 0.29) is 24.0 Å². The number of hydrogen-bond donors (Lipinski definition) is 2. The summed E-state index contributed by atoms with van der Waals surface area (Å²) in [6.45, 7) is 2.85. The first-order valence-electron chi connectivity index (χ1n) is 7.64. The Morgan fingerprint density at radius 1 is 1.23 bits per heavy atom. The van der Waals surface area contributed by atoms with Crippen molar-refractivity contribution in [2.24, 2.45) is 4.99 Å².